The van der Waals surface area contributed by atoms with Crippen LogP contribution >= 0.6 is 27.3 Å². The van der Waals surface area contributed by atoms with Crippen molar-refractivity contribution in [2.24, 2.45) is 0 Å². The molecule has 6 nitrogen and oxygen atoms in total. The first-order chi connectivity index (χ1) is 9.53. The van der Waals surface area contributed by atoms with Gasteiger partial charge in [0.05, 0.1) is 11.2 Å². The number of nitrogens with zero attached hydrogens (tertiary/aromatic N) is 2. The Balaban J connectivity index is 2.11. The molecule has 2 rings (SSSR count). The molecule has 0 aliphatic carbocycles. The first-order valence-corrected chi connectivity index (χ1v) is 8.95. The fourth-order valence-corrected chi connectivity index (χ4v) is 3.86. The molecule has 0 radical (unpaired) electrons. The summed E-state index contributed by atoms with van der Waals surface area (Å²) in [6.07, 6.45) is 2.10. The van der Waals surface area contributed by atoms with Gasteiger partial charge in [-0.1, -0.05) is 0 Å². The monoisotopic (exact) mass is 376 g/mol. The van der Waals surface area contributed by atoms with Gasteiger partial charge in [0.2, 0.25) is 10.0 Å². The summed E-state index contributed by atoms with van der Waals surface area (Å²) in [6, 6.07) is 1.52. The summed E-state index contributed by atoms with van der Waals surface area (Å²) < 4.78 is 27.7. The normalized spacial score (nSPS) is 11.5. The lowest BCUT2D eigenvalue weighted by atomic mass is 10.3. The second-order valence-electron chi connectivity index (χ2n) is 3.88. The summed E-state index contributed by atoms with van der Waals surface area (Å²) in [4.78, 5) is 8.26. The van der Waals surface area contributed by atoms with E-state index in [1.807, 2.05) is 5.38 Å². The first-order valence-electron chi connectivity index (χ1n) is 5.73. The van der Waals surface area contributed by atoms with Crippen LogP contribution in [0.5, 0.6) is 0 Å². The molecule has 9 heteroatoms. The Kier molecular flexibility index (Phi) is 5.08. The van der Waals surface area contributed by atoms with E-state index in [9.17, 15) is 8.42 Å². The predicted molar refractivity (Wildman–Crippen MR) is 82.5 cm³/mol. The van der Waals surface area contributed by atoms with Crippen molar-refractivity contribution < 1.29 is 8.42 Å². The SMILES string of the molecule is CNc1ncc(Br)cc1S(=O)(=O)NCCc1cscn1. The largest absolute Gasteiger partial charge is 0.372 e. The van der Waals surface area contributed by atoms with Gasteiger partial charge in [-0.3, -0.25) is 0 Å². The number of hydrogen-bond acceptors (Lipinski definition) is 6. The minimum Gasteiger partial charge on any atom is -0.372 e. The number of sulfonamides is 1. The van der Waals surface area contributed by atoms with E-state index in [0.29, 0.717) is 23.3 Å². The van der Waals surface area contributed by atoms with Crippen molar-refractivity contribution in [1.82, 2.24) is 14.7 Å². The lowest BCUT2D eigenvalue weighted by molar-refractivity contribution is 0.581. The second kappa shape index (κ2) is 6.61. The minimum atomic E-state index is -3.61. The Morgan fingerprint density at radius 3 is 2.85 bits per heavy atom. The van der Waals surface area contributed by atoms with Crippen molar-refractivity contribution in [2.75, 3.05) is 18.9 Å². The summed E-state index contributed by atoms with van der Waals surface area (Å²) in [5.41, 5.74) is 2.60. The van der Waals surface area contributed by atoms with Crippen LogP contribution in [0.2, 0.25) is 0 Å². The third-order valence-corrected chi connectivity index (χ3v) is 5.05. The van der Waals surface area contributed by atoms with Crippen molar-refractivity contribution in [1.29, 1.82) is 0 Å². The number of nitrogens with one attached hydrogen (secondary N) is 2. The number of thiazole rings is 1. The maximum Gasteiger partial charge on any atom is 0.244 e. The second-order valence-corrected chi connectivity index (χ2v) is 7.25. The molecule has 0 saturated heterocycles. The molecule has 0 saturated carbocycles. The topological polar surface area (TPSA) is 84.0 Å². The maximum atomic E-state index is 12.3. The number of anilines is 1. The van der Waals surface area contributed by atoms with Gasteiger partial charge in [0.25, 0.3) is 0 Å². The van der Waals surface area contributed by atoms with Crippen LogP contribution in [-0.4, -0.2) is 32.0 Å². The average molecular weight is 377 g/mol. The molecule has 0 aliphatic heterocycles. The highest BCUT2D eigenvalue weighted by Crippen LogP contribution is 2.22. The molecule has 2 aromatic heterocycles. The number of aromatic nitrogens is 2. The fourth-order valence-electron chi connectivity index (χ4n) is 1.57. The molecule has 108 valence electrons. The van der Waals surface area contributed by atoms with Gasteiger partial charge in [0.15, 0.2) is 0 Å². The van der Waals surface area contributed by atoms with E-state index in [2.05, 4.69) is 35.9 Å². The van der Waals surface area contributed by atoms with Crippen LogP contribution in [0.1, 0.15) is 5.69 Å². The summed E-state index contributed by atoms with van der Waals surface area (Å²) in [6.45, 7) is 0.293. The summed E-state index contributed by atoms with van der Waals surface area (Å²) in [7, 11) is -1.98. The van der Waals surface area contributed by atoms with Gasteiger partial charge in [-0.15, -0.1) is 11.3 Å². The van der Waals surface area contributed by atoms with E-state index in [4.69, 9.17) is 0 Å². The molecular weight excluding hydrogens is 364 g/mol. The van der Waals surface area contributed by atoms with E-state index in [1.54, 1.807) is 18.8 Å². The summed E-state index contributed by atoms with van der Waals surface area (Å²) in [5.74, 6) is 0.314. The van der Waals surface area contributed by atoms with Crippen molar-refractivity contribution >= 4 is 43.1 Å². The molecule has 0 aromatic carbocycles. The average Bonchev–Trinajstić information content (AvgIpc) is 2.91. The van der Waals surface area contributed by atoms with Crippen LogP contribution in [0.3, 0.4) is 0 Å². The number of halogens is 1. The molecule has 0 amide bonds. The van der Waals surface area contributed by atoms with Crippen molar-refractivity contribution in [3.63, 3.8) is 0 Å². The lowest BCUT2D eigenvalue weighted by Gasteiger charge is -2.10. The maximum absolute atomic E-state index is 12.3. The Morgan fingerprint density at radius 1 is 1.40 bits per heavy atom. The van der Waals surface area contributed by atoms with Crippen LogP contribution in [0, 0.1) is 0 Å². The zero-order valence-electron chi connectivity index (χ0n) is 10.6. The highest BCUT2D eigenvalue weighted by Gasteiger charge is 2.19. The van der Waals surface area contributed by atoms with Crippen molar-refractivity contribution in [2.45, 2.75) is 11.3 Å². The molecule has 20 heavy (non-hydrogen) atoms. The van der Waals surface area contributed by atoms with Gasteiger partial charge in [-0.05, 0) is 22.0 Å². The molecule has 0 fully saturated rings. The molecule has 0 spiro atoms. The smallest absolute Gasteiger partial charge is 0.244 e. The van der Waals surface area contributed by atoms with Crippen molar-refractivity contribution in [3.05, 3.63) is 33.3 Å². The third-order valence-electron chi connectivity index (χ3n) is 2.50. The molecule has 2 heterocycles. The summed E-state index contributed by atoms with van der Waals surface area (Å²) >= 11 is 4.71. The van der Waals surface area contributed by atoms with E-state index in [0.717, 1.165) is 5.69 Å². The van der Waals surface area contributed by atoms with E-state index >= 15 is 0 Å². The minimum absolute atomic E-state index is 0.118. The third kappa shape index (κ3) is 3.75. The van der Waals surface area contributed by atoms with E-state index in [-0.39, 0.29) is 4.90 Å². The van der Waals surface area contributed by atoms with E-state index in [1.165, 1.54) is 17.4 Å². The molecule has 0 aliphatic rings. The van der Waals surface area contributed by atoms with Crippen LogP contribution in [0.25, 0.3) is 0 Å². The zero-order valence-corrected chi connectivity index (χ0v) is 13.8. The van der Waals surface area contributed by atoms with Crippen LogP contribution in [-0.2, 0) is 16.4 Å². The van der Waals surface area contributed by atoms with Gasteiger partial charge < -0.3 is 5.32 Å². The zero-order chi connectivity index (χ0) is 14.6. The van der Waals surface area contributed by atoms with Crippen molar-refractivity contribution in [3.8, 4) is 0 Å². The summed E-state index contributed by atoms with van der Waals surface area (Å²) in [5, 5.41) is 4.67. The Labute approximate surface area is 129 Å². The van der Waals surface area contributed by atoms with Crippen LogP contribution in [0.4, 0.5) is 5.82 Å². The Morgan fingerprint density at radius 2 is 2.20 bits per heavy atom. The standard InChI is InChI=1S/C11H13BrN4O2S2/c1-13-11-10(4-8(12)5-14-11)20(17,18)16-3-2-9-6-19-7-15-9/h4-7,16H,2-3H2,1H3,(H,13,14). The number of rotatable bonds is 6. The number of pyridine rings is 1. The predicted octanol–water partition coefficient (Wildman–Crippen LogP) is 1.86. The molecule has 2 N–H and O–H groups in total. The lowest BCUT2D eigenvalue weighted by Crippen LogP contribution is -2.27. The number of hydrogen-bond donors (Lipinski definition) is 2. The van der Waals surface area contributed by atoms with Gasteiger partial charge >= 0.3 is 0 Å². The Hall–Kier alpha value is -1.03. The van der Waals surface area contributed by atoms with Crippen LogP contribution in [0.15, 0.2) is 32.5 Å². The van der Waals surface area contributed by atoms with Gasteiger partial charge in [-0.2, -0.15) is 0 Å². The quantitative estimate of drug-likeness (QED) is 0.803. The highest BCUT2D eigenvalue weighted by molar-refractivity contribution is 9.10. The molecule has 2 aromatic rings. The molecule has 0 unspecified atom stereocenters. The van der Waals surface area contributed by atoms with Gasteiger partial charge in [-0.25, -0.2) is 23.1 Å². The van der Waals surface area contributed by atoms with Gasteiger partial charge in [0, 0.05) is 36.1 Å². The first kappa shape index (κ1) is 15.4. The fraction of sp³-hybridized carbons (Fsp3) is 0.273. The van der Waals surface area contributed by atoms with E-state index < -0.39 is 10.0 Å². The molecule has 0 atom stereocenters. The highest BCUT2D eigenvalue weighted by atomic mass is 79.9. The molecular formula is C11H13BrN4O2S2. The Bertz CT molecular complexity index is 674. The molecule has 0 bridgehead atoms. The van der Waals surface area contributed by atoms with Crippen LogP contribution < -0.4 is 10.0 Å². The van der Waals surface area contributed by atoms with Gasteiger partial charge in [0.1, 0.15) is 10.7 Å².